The summed E-state index contributed by atoms with van der Waals surface area (Å²) < 4.78 is 11.7. The van der Waals surface area contributed by atoms with Crippen molar-refractivity contribution in [3.05, 3.63) is 40.3 Å². The molecular formula is C22H29N3O5. The summed E-state index contributed by atoms with van der Waals surface area (Å²) in [4.78, 5) is 38.7. The zero-order chi connectivity index (χ0) is 21.9. The van der Waals surface area contributed by atoms with E-state index in [9.17, 15) is 14.4 Å². The van der Waals surface area contributed by atoms with E-state index in [0.717, 1.165) is 12.8 Å². The van der Waals surface area contributed by atoms with E-state index in [-0.39, 0.29) is 24.0 Å². The first-order valence-electron chi connectivity index (χ1n) is 10.2. The average molecular weight is 415 g/mol. The lowest BCUT2D eigenvalue weighted by atomic mass is 9.97. The number of methoxy groups -OCH3 is 1. The molecule has 162 valence electrons. The number of hydrogen-bond donors (Lipinski definition) is 0. The molecule has 1 aliphatic rings. The van der Waals surface area contributed by atoms with Crippen LogP contribution < -0.4 is 5.56 Å². The van der Waals surface area contributed by atoms with Crippen LogP contribution in [0.2, 0.25) is 0 Å². The molecule has 8 nitrogen and oxygen atoms in total. The molecule has 1 aliphatic heterocycles. The Labute approximate surface area is 175 Å². The van der Waals surface area contributed by atoms with E-state index in [4.69, 9.17) is 9.47 Å². The number of benzene rings is 1. The molecule has 1 aromatic heterocycles. The van der Waals surface area contributed by atoms with Crippen LogP contribution in [0.3, 0.4) is 0 Å². The number of carbonyl (C=O) groups excluding carboxylic acids is 2. The number of amides is 1. The molecule has 1 amide bonds. The molecule has 0 saturated carbocycles. The summed E-state index contributed by atoms with van der Waals surface area (Å²) in [7, 11) is 1.33. The Balaban J connectivity index is 1.75. The largest absolute Gasteiger partial charge is 0.469 e. The maximum atomic E-state index is 12.9. The number of hydrogen-bond acceptors (Lipinski definition) is 6. The highest BCUT2D eigenvalue weighted by Gasteiger charge is 2.27. The average Bonchev–Trinajstić information content (AvgIpc) is 2.70. The molecule has 30 heavy (non-hydrogen) atoms. The second kappa shape index (κ2) is 8.85. The van der Waals surface area contributed by atoms with Gasteiger partial charge in [0.05, 0.1) is 24.6 Å². The van der Waals surface area contributed by atoms with E-state index in [0.29, 0.717) is 36.1 Å². The molecule has 0 N–H and O–H groups in total. The molecule has 2 heterocycles. The van der Waals surface area contributed by atoms with Crippen molar-refractivity contribution in [2.45, 2.75) is 52.2 Å². The van der Waals surface area contributed by atoms with Crippen LogP contribution in [0.4, 0.5) is 4.79 Å². The Kier molecular flexibility index (Phi) is 6.43. The third kappa shape index (κ3) is 5.17. The van der Waals surface area contributed by atoms with Crippen molar-refractivity contribution in [2.24, 2.45) is 5.92 Å². The molecule has 8 heteroatoms. The first-order chi connectivity index (χ1) is 14.2. The van der Waals surface area contributed by atoms with Crippen LogP contribution in [-0.4, -0.2) is 52.5 Å². The highest BCUT2D eigenvalue weighted by atomic mass is 16.6. The quantitative estimate of drug-likeness (QED) is 0.713. The van der Waals surface area contributed by atoms with Crippen molar-refractivity contribution in [1.29, 1.82) is 0 Å². The van der Waals surface area contributed by atoms with E-state index in [2.05, 4.69) is 5.10 Å². The lowest BCUT2D eigenvalue weighted by Gasteiger charge is -2.33. The minimum Gasteiger partial charge on any atom is -0.469 e. The van der Waals surface area contributed by atoms with Gasteiger partial charge in [0.1, 0.15) is 5.60 Å². The van der Waals surface area contributed by atoms with Crippen LogP contribution in [0.25, 0.3) is 10.8 Å². The third-order valence-electron chi connectivity index (χ3n) is 5.18. The van der Waals surface area contributed by atoms with Gasteiger partial charge < -0.3 is 14.4 Å². The number of aromatic nitrogens is 2. The predicted octanol–water partition coefficient (Wildman–Crippen LogP) is 2.76. The summed E-state index contributed by atoms with van der Waals surface area (Å²) in [5.74, 6) is -0.190. The molecule has 0 atom stereocenters. The van der Waals surface area contributed by atoms with Gasteiger partial charge >= 0.3 is 12.1 Å². The van der Waals surface area contributed by atoms with Gasteiger partial charge in [0.15, 0.2) is 0 Å². The van der Waals surface area contributed by atoms with Crippen molar-refractivity contribution >= 4 is 22.8 Å². The summed E-state index contributed by atoms with van der Waals surface area (Å²) in [5.41, 5.74) is -0.163. The Bertz CT molecular complexity index is 984. The van der Waals surface area contributed by atoms with Crippen molar-refractivity contribution < 1.29 is 19.1 Å². The zero-order valence-corrected chi connectivity index (χ0v) is 18.0. The number of esters is 1. The monoisotopic (exact) mass is 415 g/mol. The first kappa shape index (κ1) is 21.8. The molecule has 0 radical (unpaired) electrons. The van der Waals surface area contributed by atoms with Gasteiger partial charge in [-0.05, 0) is 45.6 Å². The molecule has 1 aromatic carbocycles. The number of carbonyl (C=O) groups is 2. The van der Waals surface area contributed by atoms with E-state index < -0.39 is 11.6 Å². The number of fused-ring (bicyclic) bond motifs is 1. The minimum atomic E-state index is -0.522. The van der Waals surface area contributed by atoms with Gasteiger partial charge in [0.2, 0.25) is 0 Å². The van der Waals surface area contributed by atoms with Gasteiger partial charge in [-0.25, -0.2) is 9.48 Å². The smallest absolute Gasteiger partial charge is 0.410 e. The molecule has 3 rings (SSSR count). The van der Waals surface area contributed by atoms with Crippen molar-refractivity contribution in [3.63, 3.8) is 0 Å². The van der Waals surface area contributed by atoms with Crippen LogP contribution in [0.15, 0.2) is 29.1 Å². The van der Waals surface area contributed by atoms with Gasteiger partial charge in [-0.15, -0.1) is 0 Å². The summed E-state index contributed by atoms with van der Waals surface area (Å²) >= 11 is 0. The first-order valence-corrected chi connectivity index (χ1v) is 10.2. The standard InChI is InChI=1S/C22H29N3O5/c1-22(2,3)30-21(28)24-11-9-15(10-12-24)14-25-20(27)17-8-6-5-7-16(17)18(23-25)13-19(26)29-4/h5-8,15H,9-14H2,1-4H3. The maximum absolute atomic E-state index is 12.9. The van der Waals surface area contributed by atoms with Crippen molar-refractivity contribution in [1.82, 2.24) is 14.7 Å². The lowest BCUT2D eigenvalue weighted by molar-refractivity contribution is -0.139. The Morgan fingerprint density at radius 1 is 1.13 bits per heavy atom. The van der Waals surface area contributed by atoms with Gasteiger partial charge in [-0.3, -0.25) is 9.59 Å². The summed E-state index contributed by atoms with van der Waals surface area (Å²) in [5, 5.41) is 5.69. The maximum Gasteiger partial charge on any atom is 0.410 e. The molecule has 0 bridgehead atoms. The third-order valence-corrected chi connectivity index (χ3v) is 5.18. The van der Waals surface area contributed by atoms with Crippen LogP contribution >= 0.6 is 0 Å². The molecule has 1 saturated heterocycles. The van der Waals surface area contributed by atoms with Gasteiger partial charge in [-0.1, -0.05) is 18.2 Å². The highest BCUT2D eigenvalue weighted by Crippen LogP contribution is 2.21. The molecule has 0 spiro atoms. The molecule has 0 aliphatic carbocycles. The Hall–Kier alpha value is -2.90. The number of rotatable bonds is 4. The molecular weight excluding hydrogens is 386 g/mol. The van der Waals surface area contributed by atoms with Gasteiger partial charge in [-0.2, -0.15) is 5.10 Å². The summed E-state index contributed by atoms with van der Waals surface area (Å²) in [6, 6.07) is 7.17. The number of likely N-dealkylation sites (tertiary alicyclic amines) is 1. The van der Waals surface area contributed by atoms with Crippen LogP contribution in [0, 0.1) is 5.92 Å². The van der Waals surface area contributed by atoms with Gasteiger partial charge in [0.25, 0.3) is 5.56 Å². The fourth-order valence-corrected chi connectivity index (χ4v) is 3.64. The van der Waals surface area contributed by atoms with E-state index in [1.807, 2.05) is 26.8 Å². The minimum absolute atomic E-state index is 0.00832. The number of ether oxygens (including phenoxy) is 2. The fourth-order valence-electron chi connectivity index (χ4n) is 3.64. The summed E-state index contributed by atoms with van der Waals surface area (Å²) in [6.45, 7) is 7.15. The summed E-state index contributed by atoms with van der Waals surface area (Å²) in [6.07, 6.45) is 1.22. The van der Waals surface area contributed by atoms with E-state index in [1.54, 1.807) is 23.1 Å². The van der Waals surface area contributed by atoms with Crippen LogP contribution in [-0.2, 0) is 27.2 Å². The SMILES string of the molecule is COC(=O)Cc1nn(CC2CCN(C(=O)OC(C)(C)C)CC2)c(=O)c2ccccc12. The number of piperidine rings is 1. The zero-order valence-electron chi connectivity index (χ0n) is 18.0. The molecule has 1 fully saturated rings. The highest BCUT2D eigenvalue weighted by molar-refractivity contribution is 5.86. The van der Waals surface area contributed by atoms with Crippen LogP contribution in [0.5, 0.6) is 0 Å². The van der Waals surface area contributed by atoms with Gasteiger partial charge in [0, 0.05) is 25.0 Å². The fraction of sp³-hybridized carbons (Fsp3) is 0.545. The topological polar surface area (TPSA) is 90.7 Å². The van der Waals surface area contributed by atoms with E-state index in [1.165, 1.54) is 11.8 Å². The predicted molar refractivity (Wildman–Crippen MR) is 112 cm³/mol. The van der Waals surface area contributed by atoms with Crippen LogP contribution in [0.1, 0.15) is 39.3 Å². The lowest BCUT2D eigenvalue weighted by Crippen LogP contribution is -2.43. The molecule has 0 unspecified atom stereocenters. The van der Waals surface area contributed by atoms with Crippen molar-refractivity contribution in [3.8, 4) is 0 Å². The second-order valence-corrected chi connectivity index (χ2v) is 8.64. The van der Waals surface area contributed by atoms with Crippen molar-refractivity contribution in [2.75, 3.05) is 20.2 Å². The Morgan fingerprint density at radius 3 is 2.37 bits per heavy atom. The second-order valence-electron chi connectivity index (χ2n) is 8.64. The molecule has 2 aromatic rings. The number of nitrogens with zero attached hydrogens (tertiary/aromatic N) is 3. The Morgan fingerprint density at radius 2 is 1.77 bits per heavy atom. The van der Waals surface area contributed by atoms with E-state index >= 15 is 0 Å². The normalized spacial score (nSPS) is 15.3.